The van der Waals surface area contributed by atoms with Crippen molar-refractivity contribution >= 4 is 0 Å². The van der Waals surface area contributed by atoms with Crippen molar-refractivity contribution in [1.29, 1.82) is 0 Å². The van der Waals surface area contributed by atoms with E-state index in [9.17, 15) is 0 Å². The normalized spacial score (nSPS) is 16.3. The molecule has 10 heavy (non-hydrogen) atoms. The molecule has 0 fully saturated rings. The van der Waals surface area contributed by atoms with Gasteiger partial charge in [-0.05, 0) is 6.92 Å². The first kappa shape index (κ1) is 9.62. The van der Waals surface area contributed by atoms with E-state index in [1.165, 1.54) is 6.08 Å². The molecule has 0 aromatic heterocycles. The van der Waals surface area contributed by atoms with E-state index in [2.05, 4.69) is 6.58 Å². The van der Waals surface area contributed by atoms with Gasteiger partial charge in [-0.3, -0.25) is 0 Å². The maximum atomic E-state index is 9.05. The molecular formula is C7H14O3. The van der Waals surface area contributed by atoms with E-state index >= 15 is 0 Å². The van der Waals surface area contributed by atoms with Gasteiger partial charge in [0, 0.05) is 6.61 Å². The van der Waals surface area contributed by atoms with Gasteiger partial charge in [0.2, 0.25) is 0 Å². The molecule has 0 saturated heterocycles. The Morgan fingerprint density at radius 3 is 2.60 bits per heavy atom. The standard InChI is InChI=1S/C7H14O3/c1-3-6(9)7(5-8)10-4-2/h3,6-9H,1,4-5H2,2H3/t6?,7-/m1/s1. The maximum Gasteiger partial charge on any atom is 0.110 e. The Morgan fingerprint density at radius 1 is 1.70 bits per heavy atom. The lowest BCUT2D eigenvalue weighted by Crippen LogP contribution is -2.30. The quantitative estimate of drug-likeness (QED) is 0.534. The van der Waals surface area contributed by atoms with Crippen LogP contribution >= 0.6 is 0 Å². The van der Waals surface area contributed by atoms with E-state index in [0.29, 0.717) is 6.61 Å². The van der Waals surface area contributed by atoms with E-state index < -0.39 is 12.2 Å². The SMILES string of the molecule is C=CC(O)[C@@H](CO)OCC. The van der Waals surface area contributed by atoms with Crippen molar-refractivity contribution in [3.05, 3.63) is 12.7 Å². The molecule has 0 amide bonds. The van der Waals surface area contributed by atoms with Gasteiger partial charge < -0.3 is 14.9 Å². The first-order valence-corrected chi connectivity index (χ1v) is 3.29. The van der Waals surface area contributed by atoms with Gasteiger partial charge in [-0.1, -0.05) is 6.08 Å². The first-order valence-electron chi connectivity index (χ1n) is 3.29. The summed E-state index contributed by atoms with van der Waals surface area (Å²) >= 11 is 0. The second-order valence-electron chi connectivity index (χ2n) is 1.90. The van der Waals surface area contributed by atoms with Crippen LogP contribution in [0.2, 0.25) is 0 Å². The van der Waals surface area contributed by atoms with Crippen LogP contribution in [-0.2, 0) is 4.74 Å². The summed E-state index contributed by atoms with van der Waals surface area (Å²) in [6.45, 7) is 5.48. The molecule has 0 rings (SSSR count). The van der Waals surface area contributed by atoms with Crippen LogP contribution in [0.3, 0.4) is 0 Å². The predicted octanol–water partition coefficient (Wildman–Crippen LogP) is -0.0693. The van der Waals surface area contributed by atoms with Gasteiger partial charge in [-0.15, -0.1) is 6.58 Å². The molecule has 0 aromatic carbocycles. The zero-order chi connectivity index (χ0) is 7.98. The Balaban J connectivity index is 3.67. The summed E-state index contributed by atoms with van der Waals surface area (Å²) < 4.78 is 4.97. The van der Waals surface area contributed by atoms with E-state index in [0.717, 1.165) is 0 Å². The Labute approximate surface area is 60.9 Å². The summed E-state index contributed by atoms with van der Waals surface area (Å²) in [5, 5.41) is 17.7. The van der Waals surface area contributed by atoms with Gasteiger partial charge in [-0.25, -0.2) is 0 Å². The lowest BCUT2D eigenvalue weighted by Gasteiger charge is -2.16. The molecule has 2 atom stereocenters. The highest BCUT2D eigenvalue weighted by Crippen LogP contribution is 1.98. The second-order valence-corrected chi connectivity index (χ2v) is 1.90. The molecular weight excluding hydrogens is 132 g/mol. The van der Waals surface area contributed by atoms with Crippen molar-refractivity contribution in [3.8, 4) is 0 Å². The third-order valence-electron chi connectivity index (χ3n) is 1.18. The smallest absolute Gasteiger partial charge is 0.110 e. The van der Waals surface area contributed by atoms with Gasteiger partial charge in [0.1, 0.15) is 12.2 Å². The van der Waals surface area contributed by atoms with Crippen molar-refractivity contribution in [2.75, 3.05) is 13.2 Å². The highest BCUT2D eigenvalue weighted by Gasteiger charge is 2.13. The Morgan fingerprint density at radius 2 is 2.30 bits per heavy atom. The van der Waals surface area contributed by atoms with Crippen LogP contribution in [0.15, 0.2) is 12.7 Å². The highest BCUT2D eigenvalue weighted by molar-refractivity contribution is 4.84. The molecule has 1 unspecified atom stereocenters. The molecule has 0 bridgehead atoms. The topological polar surface area (TPSA) is 49.7 Å². The minimum absolute atomic E-state index is 0.180. The minimum Gasteiger partial charge on any atom is -0.394 e. The van der Waals surface area contributed by atoms with Crippen LogP contribution in [0.5, 0.6) is 0 Å². The Bertz CT molecular complexity index is 92.9. The average molecular weight is 146 g/mol. The number of aliphatic hydroxyl groups is 2. The fraction of sp³-hybridized carbons (Fsp3) is 0.714. The van der Waals surface area contributed by atoms with Gasteiger partial charge in [0.05, 0.1) is 6.61 Å². The first-order chi connectivity index (χ1) is 4.76. The number of hydrogen-bond donors (Lipinski definition) is 2. The Hall–Kier alpha value is -0.380. The fourth-order valence-corrected chi connectivity index (χ4v) is 0.625. The van der Waals surface area contributed by atoms with Crippen molar-refractivity contribution in [2.45, 2.75) is 19.1 Å². The van der Waals surface area contributed by atoms with Crippen LogP contribution in [0, 0.1) is 0 Å². The van der Waals surface area contributed by atoms with Crippen LogP contribution in [-0.4, -0.2) is 35.6 Å². The monoisotopic (exact) mass is 146 g/mol. The summed E-state index contributed by atoms with van der Waals surface area (Å²) in [6.07, 6.45) is 0.0451. The Kier molecular flexibility index (Phi) is 5.20. The zero-order valence-electron chi connectivity index (χ0n) is 6.16. The van der Waals surface area contributed by atoms with Crippen molar-refractivity contribution in [3.63, 3.8) is 0 Å². The molecule has 2 N–H and O–H groups in total. The molecule has 3 nitrogen and oxygen atoms in total. The van der Waals surface area contributed by atoms with Crippen LogP contribution in [0.25, 0.3) is 0 Å². The van der Waals surface area contributed by atoms with E-state index in [4.69, 9.17) is 14.9 Å². The minimum atomic E-state index is -0.773. The third kappa shape index (κ3) is 2.96. The average Bonchev–Trinajstić information content (AvgIpc) is 1.99. The number of hydrogen-bond acceptors (Lipinski definition) is 3. The van der Waals surface area contributed by atoms with Crippen LogP contribution in [0.1, 0.15) is 6.92 Å². The maximum absolute atomic E-state index is 9.05. The molecule has 60 valence electrons. The van der Waals surface area contributed by atoms with Gasteiger partial charge in [0.25, 0.3) is 0 Å². The van der Waals surface area contributed by atoms with Gasteiger partial charge in [-0.2, -0.15) is 0 Å². The molecule has 0 aromatic rings. The number of rotatable bonds is 5. The second kappa shape index (κ2) is 5.41. The molecule has 0 saturated carbocycles. The molecule has 0 aliphatic carbocycles. The number of aliphatic hydroxyl groups excluding tert-OH is 2. The summed E-state index contributed by atoms with van der Waals surface area (Å²) in [5.74, 6) is 0. The van der Waals surface area contributed by atoms with Crippen molar-refractivity contribution in [1.82, 2.24) is 0 Å². The fourth-order valence-electron chi connectivity index (χ4n) is 0.625. The predicted molar refractivity (Wildman–Crippen MR) is 38.7 cm³/mol. The van der Waals surface area contributed by atoms with Crippen LogP contribution < -0.4 is 0 Å². The van der Waals surface area contributed by atoms with Gasteiger partial charge in [0.15, 0.2) is 0 Å². The van der Waals surface area contributed by atoms with E-state index in [1.807, 2.05) is 0 Å². The summed E-state index contributed by atoms with van der Waals surface area (Å²) in [5.41, 5.74) is 0. The zero-order valence-corrected chi connectivity index (χ0v) is 6.16. The number of ether oxygens (including phenoxy) is 1. The van der Waals surface area contributed by atoms with E-state index in [-0.39, 0.29) is 6.61 Å². The van der Waals surface area contributed by atoms with Crippen molar-refractivity contribution < 1.29 is 14.9 Å². The van der Waals surface area contributed by atoms with E-state index in [1.54, 1.807) is 6.92 Å². The molecule has 0 aliphatic heterocycles. The van der Waals surface area contributed by atoms with Crippen LogP contribution in [0.4, 0.5) is 0 Å². The lowest BCUT2D eigenvalue weighted by molar-refractivity contribution is -0.0409. The molecule has 0 aliphatic rings. The summed E-state index contributed by atoms with van der Waals surface area (Å²) in [6, 6.07) is 0. The molecule has 0 radical (unpaired) electrons. The van der Waals surface area contributed by atoms with Crippen molar-refractivity contribution in [2.24, 2.45) is 0 Å². The molecule has 0 spiro atoms. The van der Waals surface area contributed by atoms with Gasteiger partial charge >= 0.3 is 0 Å². The lowest BCUT2D eigenvalue weighted by atomic mass is 10.2. The third-order valence-corrected chi connectivity index (χ3v) is 1.18. The summed E-state index contributed by atoms with van der Waals surface area (Å²) in [4.78, 5) is 0. The highest BCUT2D eigenvalue weighted by atomic mass is 16.5. The summed E-state index contributed by atoms with van der Waals surface area (Å²) in [7, 11) is 0. The molecule has 0 heterocycles. The molecule has 3 heteroatoms. The largest absolute Gasteiger partial charge is 0.394 e.